The van der Waals surface area contributed by atoms with Crippen molar-refractivity contribution in [1.29, 1.82) is 0 Å². The van der Waals surface area contributed by atoms with Crippen LogP contribution in [0.25, 0.3) is 0 Å². The first kappa shape index (κ1) is 26.0. The summed E-state index contributed by atoms with van der Waals surface area (Å²) in [4.78, 5) is 38.5. The van der Waals surface area contributed by atoms with E-state index in [1.807, 2.05) is 19.1 Å². The second-order valence-electron chi connectivity index (χ2n) is 8.48. The molecule has 2 amide bonds. The number of carbonyl (C=O) groups excluding carboxylic acids is 2. The molecule has 1 fully saturated rings. The van der Waals surface area contributed by atoms with Crippen LogP contribution in [0.5, 0.6) is 0 Å². The van der Waals surface area contributed by atoms with Crippen LogP contribution in [0.4, 0.5) is 5.69 Å². The number of hydrogen-bond acceptors (Lipinski definition) is 5. The van der Waals surface area contributed by atoms with E-state index in [9.17, 15) is 19.7 Å². The summed E-state index contributed by atoms with van der Waals surface area (Å²) >= 11 is 7.44. The van der Waals surface area contributed by atoms with Crippen molar-refractivity contribution in [3.05, 3.63) is 74.8 Å². The molecule has 182 valence electrons. The molecule has 0 spiro atoms. The predicted octanol–water partition coefficient (Wildman–Crippen LogP) is 5.35. The van der Waals surface area contributed by atoms with Crippen molar-refractivity contribution in [2.75, 3.05) is 5.75 Å². The van der Waals surface area contributed by atoms with Gasteiger partial charge in [-0.25, -0.2) is 0 Å². The zero-order valence-corrected chi connectivity index (χ0v) is 20.8. The Labute approximate surface area is 209 Å². The Kier molecular flexibility index (Phi) is 9.77. The van der Waals surface area contributed by atoms with Crippen LogP contribution in [0.3, 0.4) is 0 Å². The zero-order chi connectivity index (χ0) is 24.5. The lowest BCUT2D eigenvalue weighted by atomic mass is 10.1. The van der Waals surface area contributed by atoms with E-state index in [1.54, 1.807) is 29.2 Å². The Morgan fingerprint density at radius 1 is 1.12 bits per heavy atom. The molecule has 3 rings (SSSR count). The summed E-state index contributed by atoms with van der Waals surface area (Å²) < 4.78 is 0. The van der Waals surface area contributed by atoms with Crippen molar-refractivity contribution >= 4 is 40.9 Å². The van der Waals surface area contributed by atoms with E-state index in [2.05, 4.69) is 5.32 Å². The third-order valence-corrected chi connectivity index (χ3v) is 7.24. The summed E-state index contributed by atoms with van der Waals surface area (Å²) in [6, 6.07) is 13.3. The van der Waals surface area contributed by atoms with Crippen LogP contribution in [0, 0.1) is 10.1 Å². The van der Waals surface area contributed by atoms with Gasteiger partial charge in [0.1, 0.15) is 6.04 Å². The molecule has 2 aromatic carbocycles. The van der Waals surface area contributed by atoms with Crippen LogP contribution in [-0.2, 0) is 21.9 Å². The fourth-order valence-corrected chi connectivity index (χ4v) is 5.12. The molecule has 1 N–H and O–H groups in total. The van der Waals surface area contributed by atoms with E-state index < -0.39 is 11.0 Å². The van der Waals surface area contributed by atoms with Gasteiger partial charge in [-0.05, 0) is 42.5 Å². The highest BCUT2D eigenvalue weighted by Crippen LogP contribution is 2.22. The lowest BCUT2D eigenvalue weighted by Crippen LogP contribution is -2.51. The third kappa shape index (κ3) is 7.46. The van der Waals surface area contributed by atoms with E-state index >= 15 is 0 Å². The first-order chi connectivity index (χ1) is 16.4. The van der Waals surface area contributed by atoms with Gasteiger partial charge in [-0.2, -0.15) is 0 Å². The number of amides is 2. The number of nitro benzene ring substituents is 1. The maximum absolute atomic E-state index is 13.3. The lowest BCUT2D eigenvalue weighted by molar-refractivity contribution is -0.384. The zero-order valence-electron chi connectivity index (χ0n) is 19.2. The highest BCUT2D eigenvalue weighted by atomic mass is 35.5. The Hall–Kier alpha value is -2.58. The van der Waals surface area contributed by atoms with Crippen molar-refractivity contribution < 1.29 is 14.5 Å². The van der Waals surface area contributed by atoms with Gasteiger partial charge in [0, 0.05) is 35.5 Å². The van der Waals surface area contributed by atoms with E-state index in [0.29, 0.717) is 23.7 Å². The van der Waals surface area contributed by atoms with Crippen LogP contribution < -0.4 is 5.32 Å². The quantitative estimate of drug-likeness (QED) is 0.329. The average Bonchev–Trinajstić information content (AvgIpc) is 3.33. The van der Waals surface area contributed by atoms with Crippen LogP contribution in [0.15, 0.2) is 48.5 Å². The minimum Gasteiger partial charge on any atom is -0.352 e. The van der Waals surface area contributed by atoms with E-state index in [4.69, 9.17) is 11.6 Å². The van der Waals surface area contributed by atoms with E-state index in [0.717, 1.165) is 36.8 Å². The number of halogens is 1. The topological polar surface area (TPSA) is 92.6 Å². The second kappa shape index (κ2) is 12.8. The SMILES string of the molecule is CC[C@H](C(=O)NC1CCCC1)N(Cc1ccc(Cl)cc1)C(=O)CSCc1ccc([N+](=O)[O-])cc1. The van der Waals surface area contributed by atoms with Crippen LogP contribution >= 0.6 is 23.4 Å². The maximum Gasteiger partial charge on any atom is 0.269 e. The fourth-order valence-electron chi connectivity index (χ4n) is 4.13. The van der Waals surface area contributed by atoms with Gasteiger partial charge in [-0.1, -0.05) is 55.6 Å². The molecule has 1 aliphatic rings. The average molecular weight is 504 g/mol. The number of nitro groups is 1. The Balaban J connectivity index is 1.67. The minimum atomic E-state index is -0.552. The van der Waals surface area contributed by atoms with Crippen molar-refractivity contribution in [2.24, 2.45) is 0 Å². The lowest BCUT2D eigenvalue weighted by Gasteiger charge is -2.31. The minimum absolute atomic E-state index is 0.0398. The van der Waals surface area contributed by atoms with Crippen LogP contribution in [0.1, 0.15) is 50.2 Å². The number of benzene rings is 2. The molecule has 1 aliphatic carbocycles. The predicted molar refractivity (Wildman–Crippen MR) is 136 cm³/mol. The number of nitrogens with one attached hydrogen (secondary N) is 1. The Morgan fingerprint density at radius 2 is 1.74 bits per heavy atom. The summed E-state index contributed by atoms with van der Waals surface area (Å²) in [6.45, 7) is 2.25. The molecule has 0 aromatic heterocycles. The Morgan fingerprint density at radius 3 is 2.32 bits per heavy atom. The first-order valence-electron chi connectivity index (χ1n) is 11.5. The number of thioether (sulfide) groups is 1. The maximum atomic E-state index is 13.3. The smallest absolute Gasteiger partial charge is 0.269 e. The van der Waals surface area contributed by atoms with Gasteiger partial charge in [0.05, 0.1) is 10.7 Å². The third-order valence-electron chi connectivity index (χ3n) is 6.00. The van der Waals surface area contributed by atoms with Gasteiger partial charge < -0.3 is 10.2 Å². The molecule has 1 atom stereocenters. The highest BCUT2D eigenvalue weighted by Gasteiger charge is 2.30. The number of non-ortho nitro benzene ring substituents is 1. The number of rotatable bonds is 11. The molecule has 2 aromatic rings. The van der Waals surface area contributed by atoms with Crippen molar-refractivity contribution in [1.82, 2.24) is 10.2 Å². The molecule has 34 heavy (non-hydrogen) atoms. The van der Waals surface area contributed by atoms with Gasteiger partial charge in [-0.3, -0.25) is 19.7 Å². The van der Waals surface area contributed by atoms with Gasteiger partial charge in [0.25, 0.3) is 5.69 Å². The molecule has 0 heterocycles. The number of nitrogens with zero attached hydrogens (tertiary/aromatic N) is 2. The Bertz CT molecular complexity index is 979. The molecular weight excluding hydrogens is 474 g/mol. The van der Waals surface area contributed by atoms with Crippen LogP contribution in [0.2, 0.25) is 5.02 Å². The summed E-state index contributed by atoms with van der Waals surface area (Å²) in [6.07, 6.45) is 4.73. The summed E-state index contributed by atoms with van der Waals surface area (Å²) in [7, 11) is 0. The van der Waals surface area contributed by atoms with Gasteiger partial charge in [0.2, 0.25) is 11.8 Å². The molecule has 9 heteroatoms. The van der Waals surface area contributed by atoms with E-state index in [1.165, 1.54) is 23.9 Å². The highest BCUT2D eigenvalue weighted by molar-refractivity contribution is 7.99. The molecule has 0 saturated heterocycles. The molecule has 7 nitrogen and oxygen atoms in total. The standard InChI is InChI=1S/C25H30ClN3O4S/c1-2-23(25(31)27-21-5-3-4-6-21)28(15-18-7-11-20(26)12-8-18)24(30)17-34-16-19-9-13-22(14-10-19)29(32)33/h7-14,21,23H,2-6,15-17H2,1H3,(H,27,31)/t23-/m1/s1. The molecule has 0 bridgehead atoms. The normalized spacial score (nSPS) is 14.5. The number of carbonyl (C=O) groups is 2. The molecule has 0 aliphatic heterocycles. The molecule has 0 unspecified atom stereocenters. The first-order valence-corrected chi connectivity index (χ1v) is 13.1. The van der Waals surface area contributed by atoms with Gasteiger partial charge in [-0.15, -0.1) is 11.8 Å². The molecule has 1 saturated carbocycles. The van der Waals surface area contributed by atoms with Gasteiger partial charge in [0.15, 0.2) is 0 Å². The largest absolute Gasteiger partial charge is 0.352 e. The summed E-state index contributed by atoms with van der Waals surface area (Å²) in [5.41, 5.74) is 1.85. The molecular formula is C25H30ClN3O4S. The van der Waals surface area contributed by atoms with Crippen molar-refractivity contribution in [3.8, 4) is 0 Å². The summed E-state index contributed by atoms with van der Waals surface area (Å²) in [5, 5.41) is 14.6. The number of hydrogen-bond donors (Lipinski definition) is 1. The van der Waals surface area contributed by atoms with Crippen LogP contribution in [-0.4, -0.2) is 39.5 Å². The monoisotopic (exact) mass is 503 g/mol. The summed E-state index contributed by atoms with van der Waals surface area (Å²) in [5.74, 6) is 0.536. The molecule has 0 radical (unpaired) electrons. The van der Waals surface area contributed by atoms with E-state index in [-0.39, 0.29) is 29.3 Å². The van der Waals surface area contributed by atoms with Crippen molar-refractivity contribution in [2.45, 2.75) is 63.4 Å². The second-order valence-corrected chi connectivity index (χ2v) is 9.90. The fraction of sp³-hybridized carbons (Fsp3) is 0.440. The van der Waals surface area contributed by atoms with Gasteiger partial charge >= 0.3 is 0 Å². The van der Waals surface area contributed by atoms with Crippen molar-refractivity contribution in [3.63, 3.8) is 0 Å².